The molecule has 0 saturated heterocycles. The molecule has 1 aliphatic rings. The Morgan fingerprint density at radius 2 is 1.57 bits per heavy atom. The maximum absolute atomic E-state index is 12.9. The van der Waals surface area contributed by atoms with E-state index in [1.54, 1.807) is 48.5 Å². The van der Waals surface area contributed by atoms with Gasteiger partial charge < -0.3 is 23.7 Å². The van der Waals surface area contributed by atoms with Crippen molar-refractivity contribution in [2.45, 2.75) is 0 Å². The molecule has 0 atom stereocenters. The maximum Gasteiger partial charge on any atom is 0.363 e. The molecule has 0 fully saturated rings. The van der Waals surface area contributed by atoms with Crippen LogP contribution in [0.1, 0.15) is 21.5 Å². The van der Waals surface area contributed by atoms with Gasteiger partial charge >= 0.3 is 11.9 Å². The van der Waals surface area contributed by atoms with Crippen molar-refractivity contribution < 1.29 is 33.3 Å². The molecule has 0 spiro atoms. The normalized spacial score (nSPS) is 13.8. The van der Waals surface area contributed by atoms with E-state index in [9.17, 15) is 9.59 Å². The lowest BCUT2D eigenvalue weighted by Gasteiger charge is -2.14. The molecule has 0 aromatic heterocycles. The summed E-state index contributed by atoms with van der Waals surface area (Å²) in [6.07, 6.45) is 1.49. The summed E-state index contributed by atoms with van der Waals surface area (Å²) in [5.74, 6) is 0.0754. The lowest BCUT2D eigenvalue weighted by Crippen LogP contribution is -2.10. The van der Waals surface area contributed by atoms with Crippen LogP contribution in [-0.2, 0) is 9.53 Å². The van der Waals surface area contributed by atoms with Crippen LogP contribution in [0.4, 0.5) is 0 Å². The van der Waals surface area contributed by atoms with Crippen molar-refractivity contribution in [3.05, 3.63) is 88.1 Å². The number of aliphatic imine (C=N–C) groups is 1. The smallest absolute Gasteiger partial charge is 0.363 e. The molecule has 3 aromatic carbocycles. The van der Waals surface area contributed by atoms with Crippen LogP contribution in [-0.4, -0.2) is 39.2 Å². The summed E-state index contributed by atoms with van der Waals surface area (Å²) in [6.45, 7) is 0. The van der Waals surface area contributed by atoms with Crippen molar-refractivity contribution in [2.75, 3.05) is 21.3 Å². The highest BCUT2D eigenvalue weighted by molar-refractivity contribution is 6.30. The quantitative estimate of drug-likeness (QED) is 0.262. The zero-order valence-electron chi connectivity index (χ0n) is 19.0. The molecule has 0 saturated carbocycles. The molecule has 1 aliphatic heterocycles. The Bertz CT molecular complexity index is 1320. The molecule has 0 N–H and O–H groups in total. The summed E-state index contributed by atoms with van der Waals surface area (Å²) < 4.78 is 26.8. The molecular weight excluding hydrogens is 474 g/mol. The van der Waals surface area contributed by atoms with Crippen LogP contribution < -0.4 is 18.9 Å². The standard InChI is InChI=1S/C26H20ClNO7/c1-31-21-13-17(14-22(32-2)23(21)33-3)25(29)34-20-7-5-4-6-16(20)12-19-26(30)35-24(28-19)15-8-10-18(27)11-9-15/h4-14H,1-3H3. The van der Waals surface area contributed by atoms with E-state index in [-0.39, 0.29) is 22.9 Å². The zero-order valence-corrected chi connectivity index (χ0v) is 19.8. The number of benzene rings is 3. The third-order valence-corrected chi connectivity index (χ3v) is 5.28. The number of halogens is 1. The second-order valence-corrected chi connectivity index (χ2v) is 7.62. The number of carbonyl (C=O) groups is 2. The van der Waals surface area contributed by atoms with Crippen LogP contribution in [0.2, 0.25) is 5.02 Å². The lowest BCUT2D eigenvalue weighted by molar-refractivity contribution is -0.129. The van der Waals surface area contributed by atoms with Crippen LogP contribution in [0.15, 0.2) is 71.4 Å². The number of para-hydroxylation sites is 1. The Labute approximate surface area is 206 Å². The Morgan fingerprint density at radius 3 is 2.20 bits per heavy atom. The van der Waals surface area contributed by atoms with Crippen molar-refractivity contribution >= 4 is 35.5 Å². The minimum atomic E-state index is -0.658. The lowest BCUT2D eigenvalue weighted by atomic mass is 10.1. The molecule has 0 radical (unpaired) electrons. The van der Waals surface area contributed by atoms with E-state index >= 15 is 0 Å². The molecule has 0 amide bonds. The van der Waals surface area contributed by atoms with E-state index in [4.69, 9.17) is 35.3 Å². The first-order valence-electron chi connectivity index (χ1n) is 10.3. The minimum absolute atomic E-state index is 0.0613. The molecular formula is C26H20ClNO7. The second-order valence-electron chi connectivity index (χ2n) is 7.18. The van der Waals surface area contributed by atoms with Gasteiger partial charge in [0.25, 0.3) is 0 Å². The predicted octanol–water partition coefficient (Wildman–Crippen LogP) is 4.93. The van der Waals surface area contributed by atoms with Crippen molar-refractivity contribution in [1.29, 1.82) is 0 Å². The van der Waals surface area contributed by atoms with Gasteiger partial charge in [0.2, 0.25) is 11.6 Å². The second kappa shape index (κ2) is 10.3. The van der Waals surface area contributed by atoms with Gasteiger partial charge in [0, 0.05) is 16.1 Å². The predicted molar refractivity (Wildman–Crippen MR) is 130 cm³/mol. The molecule has 35 heavy (non-hydrogen) atoms. The maximum atomic E-state index is 12.9. The number of hydrogen-bond acceptors (Lipinski definition) is 8. The van der Waals surface area contributed by atoms with E-state index in [0.717, 1.165) is 0 Å². The molecule has 1 heterocycles. The van der Waals surface area contributed by atoms with Gasteiger partial charge in [-0.1, -0.05) is 29.8 Å². The van der Waals surface area contributed by atoms with Gasteiger partial charge in [-0.2, -0.15) is 0 Å². The SMILES string of the molecule is COc1cc(C(=O)Oc2ccccc2C=C2N=C(c3ccc(Cl)cc3)OC2=O)cc(OC)c1OC. The molecule has 0 bridgehead atoms. The fraction of sp³-hybridized carbons (Fsp3) is 0.115. The number of nitrogens with zero attached hydrogens (tertiary/aromatic N) is 1. The summed E-state index contributed by atoms with van der Waals surface area (Å²) in [6, 6.07) is 16.5. The number of cyclic esters (lactones) is 1. The fourth-order valence-electron chi connectivity index (χ4n) is 3.32. The average molecular weight is 494 g/mol. The summed E-state index contributed by atoms with van der Waals surface area (Å²) >= 11 is 5.91. The van der Waals surface area contributed by atoms with Crippen molar-refractivity contribution in [1.82, 2.24) is 0 Å². The Hall–Kier alpha value is -4.30. The summed E-state index contributed by atoms with van der Waals surface area (Å²) in [4.78, 5) is 29.6. The topological polar surface area (TPSA) is 92.7 Å². The minimum Gasteiger partial charge on any atom is -0.493 e. The monoisotopic (exact) mass is 493 g/mol. The molecule has 178 valence electrons. The zero-order chi connectivity index (χ0) is 24.9. The number of rotatable bonds is 7. The van der Waals surface area contributed by atoms with Crippen LogP contribution in [0.5, 0.6) is 23.0 Å². The van der Waals surface area contributed by atoms with Crippen LogP contribution in [0.3, 0.4) is 0 Å². The highest BCUT2D eigenvalue weighted by Crippen LogP contribution is 2.38. The Balaban J connectivity index is 1.63. The molecule has 0 unspecified atom stereocenters. The fourth-order valence-corrected chi connectivity index (χ4v) is 3.45. The first-order valence-corrected chi connectivity index (χ1v) is 10.7. The number of carbonyl (C=O) groups excluding carboxylic acids is 2. The Morgan fingerprint density at radius 1 is 0.914 bits per heavy atom. The van der Waals surface area contributed by atoms with Crippen LogP contribution in [0, 0.1) is 0 Å². The first-order chi connectivity index (χ1) is 16.9. The largest absolute Gasteiger partial charge is 0.493 e. The summed E-state index contributed by atoms with van der Waals surface area (Å²) in [5, 5.41) is 0.553. The van der Waals surface area contributed by atoms with Gasteiger partial charge in [-0.25, -0.2) is 14.6 Å². The van der Waals surface area contributed by atoms with Crippen LogP contribution >= 0.6 is 11.6 Å². The van der Waals surface area contributed by atoms with Gasteiger partial charge in [0.05, 0.1) is 26.9 Å². The van der Waals surface area contributed by atoms with Crippen molar-refractivity contribution in [3.8, 4) is 23.0 Å². The highest BCUT2D eigenvalue weighted by atomic mass is 35.5. The van der Waals surface area contributed by atoms with Crippen LogP contribution in [0.25, 0.3) is 6.08 Å². The van der Waals surface area contributed by atoms with Gasteiger partial charge in [-0.05, 0) is 48.5 Å². The molecule has 9 heteroatoms. The third-order valence-electron chi connectivity index (χ3n) is 5.03. The van der Waals surface area contributed by atoms with Crippen molar-refractivity contribution in [3.63, 3.8) is 0 Å². The third kappa shape index (κ3) is 5.12. The van der Waals surface area contributed by atoms with Gasteiger partial charge in [0.1, 0.15) is 5.75 Å². The van der Waals surface area contributed by atoms with Gasteiger partial charge in [-0.3, -0.25) is 0 Å². The summed E-state index contributed by atoms with van der Waals surface area (Å²) in [7, 11) is 4.37. The van der Waals surface area contributed by atoms with E-state index in [1.165, 1.54) is 39.5 Å². The average Bonchev–Trinajstić information content (AvgIpc) is 3.24. The van der Waals surface area contributed by atoms with E-state index in [1.807, 2.05) is 0 Å². The number of ether oxygens (including phenoxy) is 5. The molecule has 3 aromatic rings. The first kappa shape index (κ1) is 23.8. The van der Waals surface area contributed by atoms with Gasteiger partial charge in [0.15, 0.2) is 17.2 Å². The van der Waals surface area contributed by atoms with Gasteiger partial charge in [-0.15, -0.1) is 0 Å². The number of esters is 2. The number of methoxy groups -OCH3 is 3. The summed E-state index contributed by atoms with van der Waals surface area (Å²) in [5.41, 5.74) is 1.31. The van der Waals surface area contributed by atoms with E-state index in [0.29, 0.717) is 33.4 Å². The van der Waals surface area contributed by atoms with Crippen molar-refractivity contribution in [2.24, 2.45) is 4.99 Å². The Kier molecular flexibility index (Phi) is 7.03. The molecule has 0 aliphatic carbocycles. The number of hydrogen-bond donors (Lipinski definition) is 0. The highest BCUT2D eigenvalue weighted by Gasteiger charge is 2.25. The molecule has 4 rings (SSSR count). The van der Waals surface area contributed by atoms with E-state index < -0.39 is 11.9 Å². The molecule has 8 nitrogen and oxygen atoms in total. The van der Waals surface area contributed by atoms with E-state index in [2.05, 4.69) is 4.99 Å².